The Morgan fingerprint density at radius 2 is 2.00 bits per heavy atom. The predicted molar refractivity (Wildman–Crippen MR) is 118 cm³/mol. The molecule has 2 saturated heterocycles. The zero-order valence-corrected chi connectivity index (χ0v) is 18.4. The SMILES string of the molecule is C=C(c1ccc(-c2ccc(-n3nnc(C)n3)cc2O)nn1)[C@@H]1C[C@@]2(C)CC[C@](C)(N2)[C@H]1F. The Bertz CT molecular complexity index is 1190. The lowest BCUT2D eigenvalue weighted by molar-refractivity contribution is 0.0770. The van der Waals surface area contributed by atoms with Crippen LogP contribution in [0.4, 0.5) is 4.39 Å². The zero-order chi connectivity index (χ0) is 22.7. The predicted octanol–water partition coefficient (Wildman–Crippen LogP) is 3.41. The number of nitrogens with zero attached hydrogens (tertiary/aromatic N) is 6. The summed E-state index contributed by atoms with van der Waals surface area (Å²) in [6.45, 7) is 10.0. The number of aromatic nitrogens is 6. The first-order chi connectivity index (χ1) is 15.2. The number of aromatic hydroxyl groups is 1. The summed E-state index contributed by atoms with van der Waals surface area (Å²) in [5.74, 6) is 0.258. The topological polar surface area (TPSA) is 102 Å². The number of aryl methyl sites for hydroxylation is 1. The molecule has 2 aliphatic rings. The molecule has 5 rings (SSSR count). The Morgan fingerprint density at radius 3 is 2.66 bits per heavy atom. The van der Waals surface area contributed by atoms with Crippen molar-refractivity contribution in [2.45, 2.75) is 57.3 Å². The highest BCUT2D eigenvalue weighted by Gasteiger charge is 2.55. The average molecular weight is 436 g/mol. The monoisotopic (exact) mass is 435 g/mol. The molecule has 4 heterocycles. The molecular weight excluding hydrogens is 409 g/mol. The van der Waals surface area contributed by atoms with Gasteiger partial charge in [-0.15, -0.1) is 20.1 Å². The van der Waals surface area contributed by atoms with Crippen molar-refractivity contribution in [3.05, 3.63) is 48.4 Å². The number of allylic oxidation sites excluding steroid dienone is 1. The minimum atomic E-state index is -1.03. The molecule has 0 radical (unpaired) electrons. The highest BCUT2D eigenvalue weighted by molar-refractivity contribution is 5.70. The molecule has 32 heavy (non-hydrogen) atoms. The number of piperidine rings is 1. The third-order valence-electron chi connectivity index (χ3n) is 6.86. The largest absolute Gasteiger partial charge is 0.507 e. The van der Waals surface area contributed by atoms with Crippen LogP contribution in [-0.2, 0) is 0 Å². The van der Waals surface area contributed by atoms with Crippen LogP contribution in [0.15, 0.2) is 36.9 Å². The van der Waals surface area contributed by atoms with Crippen molar-refractivity contribution in [1.29, 1.82) is 0 Å². The fourth-order valence-corrected chi connectivity index (χ4v) is 5.13. The maximum atomic E-state index is 15.4. The van der Waals surface area contributed by atoms with Crippen molar-refractivity contribution >= 4 is 5.57 Å². The molecule has 1 aromatic carbocycles. The number of benzene rings is 1. The molecule has 0 aliphatic carbocycles. The number of halogens is 1. The third-order valence-corrected chi connectivity index (χ3v) is 6.86. The highest BCUT2D eigenvalue weighted by Crippen LogP contribution is 2.49. The van der Waals surface area contributed by atoms with Crippen LogP contribution in [0, 0.1) is 12.8 Å². The van der Waals surface area contributed by atoms with Crippen LogP contribution in [-0.4, -0.2) is 52.8 Å². The van der Waals surface area contributed by atoms with E-state index in [4.69, 9.17) is 0 Å². The van der Waals surface area contributed by atoms with Gasteiger partial charge in [0.25, 0.3) is 0 Å². The maximum absolute atomic E-state index is 15.4. The average Bonchev–Trinajstić information content (AvgIpc) is 3.32. The van der Waals surface area contributed by atoms with Crippen molar-refractivity contribution in [1.82, 2.24) is 35.7 Å². The van der Waals surface area contributed by atoms with E-state index in [0.29, 0.717) is 40.5 Å². The summed E-state index contributed by atoms with van der Waals surface area (Å²) in [4.78, 5) is 1.35. The molecule has 166 valence electrons. The molecule has 2 aromatic heterocycles. The first-order valence-corrected chi connectivity index (χ1v) is 10.7. The molecule has 2 fully saturated rings. The van der Waals surface area contributed by atoms with Crippen LogP contribution in [0.2, 0.25) is 0 Å². The van der Waals surface area contributed by atoms with Crippen LogP contribution in [0.5, 0.6) is 5.75 Å². The molecule has 0 unspecified atom stereocenters. The fraction of sp³-hybridized carbons (Fsp3) is 0.435. The molecule has 0 spiro atoms. The van der Waals surface area contributed by atoms with E-state index in [1.165, 1.54) is 4.80 Å². The van der Waals surface area contributed by atoms with Crippen LogP contribution in [0.1, 0.15) is 44.6 Å². The Labute approximate surface area is 185 Å². The van der Waals surface area contributed by atoms with E-state index in [2.05, 4.69) is 44.4 Å². The van der Waals surface area contributed by atoms with Gasteiger partial charge in [-0.1, -0.05) is 6.58 Å². The lowest BCUT2D eigenvalue weighted by Crippen LogP contribution is -2.60. The Morgan fingerprint density at radius 1 is 1.19 bits per heavy atom. The molecule has 2 aliphatic heterocycles. The highest BCUT2D eigenvalue weighted by atomic mass is 19.1. The molecule has 3 aromatic rings. The summed E-state index contributed by atoms with van der Waals surface area (Å²) in [7, 11) is 0. The number of fused-ring (bicyclic) bond motifs is 2. The lowest BCUT2D eigenvalue weighted by atomic mass is 9.75. The van der Waals surface area contributed by atoms with Crippen LogP contribution in [0.3, 0.4) is 0 Å². The van der Waals surface area contributed by atoms with Crippen molar-refractivity contribution < 1.29 is 9.50 Å². The second kappa shape index (κ2) is 7.16. The van der Waals surface area contributed by atoms with Gasteiger partial charge in [-0.3, -0.25) is 0 Å². The number of hydrogen-bond donors (Lipinski definition) is 2. The summed E-state index contributed by atoms with van der Waals surface area (Å²) >= 11 is 0. The molecule has 8 nitrogen and oxygen atoms in total. The molecule has 9 heteroatoms. The van der Waals surface area contributed by atoms with Crippen molar-refractivity contribution in [3.63, 3.8) is 0 Å². The minimum Gasteiger partial charge on any atom is -0.507 e. The number of hydrogen-bond acceptors (Lipinski definition) is 7. The van der Waals surface area contributed by atoms with Gasteiger partial charge in [-0.05, 0) is 75.1 Å². The van der Waals surface area contributed by atoms with E-state index in [-0.39, 0.29) is 17.2 Å². The van der Waals surface area contributed by atoms with E-state index in [9.17, 15) is 5.11 Å². The molecule has 0 saturated carbocycles. The van der Waals surface area contributed by atoms with Gasteiger partial charge >= 0.3 is 0 Å². The lowest BCUT2D eigenvalue weighted by Gasteiger charge is -2.45. The minimum absolute atomic E-state index is 0.0259. The summed E-state index contributed by atoms with van der Waals surface area (Å²) in [5.41, 5.74) is 2.26. The normalized spacial score (nSPS) is 29.2. The first kappa shape index (κ1) is 20.7. The number of alkyl halides is 1. The second-order valence-corrected chi connectivity index (χ2v) is 9.47. The van der Waals surface area contributed by atoms with Crippen molar-refractivity contribution in [2.75, 3.05) is 0 Å². The summed E-state index contributed by atoms with van der Waals surface area (Å²) in [6.07, 6.45) is 1.43. The van der Waals surface area contributed by atoms with E-state index in [0.717, 1.165) is 12.8 Å². The summed E-state index contributed by atoms with van der Waals surface area (Å²) < 4.78 is 15.4. The molecule has 4 atom stereocenters. The number of nitrogens with one attached hydrogen (secondary N) is 1. The van der Waals surface area contributed by atoms with Gasteiger partial charge in [0, 0.05) is 28.6 Å². The quantitative estimate of drug-likeness (QED) is 0.648. The zero-order valence-electron chi connectivity index (χ0n) is 18.4. The van der Waals surface area contributed by atoms with E-state index >= 15 is 4.39 Å². The van der Waals surface area contributed by atoms with Gasteiger partial charge in [-0.25, -0.2) is 4.39 Å². The maximum Gasteiger partial charge on any atom is 0.172 e. The molecule has 2 N–H and O–H groups in total. The molecule has 2 bridgehead atoms. The van der Waals surface area contributed by atoms with Gasteiger partial charge < -0.3 is 10.4 Å². The third kappa shape index (κ3) is 3.37. The summed E-state index contributed by atoms with van der Waals surface area (Å²) in [6, 6.07) is 8.61. The van der Waals surface area contributed by atoms with Crippen molar-refractivity contribution in [2.24, 2.45) is 5.92 Å². The Hall–Kier alpha value is -3.20. The fourth-order valence-electron chi connectivity index (χ4n) is 5.13. The van der Waals surface area contributed by atoms with Crippen molar-refractivity contribution in [3.8, 4) is 22.7 Å². The van der Waals surface area contributed by atoms with E-state index < -0.39 is 11.7 Å². The van der Waals surface area contributed by atoms with Gasteiger partial charge in [0.2, 0.25) is 0 Å². The molecule has 0 amide bonds. The standard InChI is InChI=1S/C23H26FN7O/c1-13(17-12-22(3)9-10-23(4,29-22)21(17)24)18-7-8-19(27-26-18)16-6-5-15(11-20(16)32)31-28-14(2)25-30-31/h5-8,11,17,21,29,32H,1,9-10,12H2,2-4H3/t17-,21-,22+,23-/m0/s1. The van der Waals surface area contributed by atoms with Gasteiger partial charge in [0.1, 0.15) is 11.9 Å². The van der Waals surface area contributed by atoms with Gasteiger partial charge in [0.15, 0.2) is 5.82 Å². The van der Waals surface area contributed by atoms with Crippen LogP contribution in [0.25, 0.3) is 22.5 Å². The molecular formula is C23H26FN7O. The van der Waals surface area contributed by atoms with E-state index in [1.807, 2.05) is 6.92 Å². The van der Waals surface area contributed by atoms with Gasteiger partial charge in [0.05, 0.1) is 17.1 Å². The number of phenolic OH excluding ortho intramolecular Hbond substituents is 1. The van der Waals surface area contributed by atoms with Gasteiger partial charge in [-0.2, -0.15) is 5.10 Å². The number of tetrazole rings is 1. The number of rotatable bonds is 4. The second-order valence-electron chi connectivity index (χ2n) is 9.47. The first-order valence-electron chi connectivity index (χ1n) is 10.7. The Balaban J connectivity index is 1.38. The van der Waals surface area contributed by atoms with E-state index in [1.54, 1.807) is 37.3 Å². The smallest absolute Gasteiger partial charge is 0.172 e. The number of phenols is 1. The Kier molecular flexibility index (Phi) is 4.63. The van der Waals surface area contributed by atoms with Crippen LogP contribution >= 0.6 is 0 Å². The van der Waals surface area contributed by atoms with Crippen LogP contribution < -0.4 is 5.32 Å². The summed E-state index contributed by atoms with van der Waals surface area (Å²) in [5, 5.41) is 34.5.